The average molecular weight is 213 g/mol. The molecule has 0 spiro atoms. The minimum atomic E-state index is 0.397. The van der Waals surface area contributed by atoms with E-state index < -0.39 is 0 Å². The molecule has 0 aliphatic carbocycles. The number of rotatable bonds is 7. The van der Waals surface area contributed by atoms with Gasteiger partial charge in [-0.2, -0.15) is 0 Å². The van der Waals surface area contributed by atoms with Crippen molar-refractivity contribution in [2.24, 2.45) is 23.0 Å². The van der Waals surface area contributed by atoms with E-state index in [0.717, 1.165) is 11.8 Å². The van der Waals surface area contributed by atoms with Crippen LogP contribution in [-0.4, -0.2) is 6.04 Å². The highest BCUT2D eigenvalue weighted by Gasteiger charge is 2.31. The number of hydrogen-bond donors (Lipinski definition) is 1. The predicted octanol–water partition coefficient (Wildman–Crippen LogP) is 4.21. The Labute approximate surface area is 96.8 Å². The van der Waals surface area contributed by atoms with Gasteiger partial charge >= 0.3 is 0 Å². The predicted molar refractivity (Wildman–Crippen MR) is 69.9 cm³/mol. The summed E-state index contributed by atoms with van der Waals surface area (Å²) in [6.45, 7) is 13.9. The van der Waals surface area contributed by atoms with Crippen molar-refractivity contribution in [1.29, 1.82) is 0 Å². The van der Waals surface area contributed by atoms with Crippen molar-refractivity contribution >= 4 is 0 Å². The SMILES string of the molecule is CCCC(N)CC(C(C)C)C(C)(C)CC. The Hall–Kier alpha value is -0.0400. The van der Waals surface area contributed by atoms with Crippen LogP contribution < -0.4 is 5.73 Å². The maximum Gasteiger partial charge on any atom is 0.00416 e. The third-order valence-corrected chi connectivity index (χ3v) is 3.94. The van der Waals surface area contributed by atoms with Gasteiger partial charge in [0.1, 0.15) is 0 Å². The molecule has 0 aromatic rings. The molecule has 0 saturated carbocycles. The summed E-state index contributed by atoms with van der Waals surface area (Å²) in [5.41, 5.74) is 6.60. The van der Waals surface area contributed by atoms with Crippen LogP contribution in [0.2, 0.25) is 0 Å². The Bertz CT molecular complexity index is 161. The van der Waals surface area contributed by atoms with Crippen molar-refractivity contribution in [3.05, 3.63) is 0 Å². The van der Waals surface area contributed by atoms with E-state index in [1.807, 2.05) is 0 Å². The molecule has 1 nitrogen and oxygen atoms in total. The number of nitrogens with two attached hydrogens (primary N) is 1. The Kier molecular flexibility index (Phi) is 6.51. The van der Waals surface area contributed by atoms with Crippen LogP contribution in [0.5, 0.6) is 0 Å². The van der Waals surface area contributed by atoms with Crippen molar-refractivity contribution < 1.29 is 0 Å². The topological polar surface area (TPSA) is 26.0 Å². The van der Waals surface area contributed by atoms with Crippen LogP contribution in [0.15, 0.2) is 0 Å². The van der Waals surface area contributed by atoms with Crippen molar-refractivity contribution in [2.75, 3.05) is 0 Å². The fraction of sp³-hybridized carbons (Fsp3) is 1.00. The fourth-order valence-electron chi connectivity index (χ4n) is 2.57. The van der Waals surface area contributed by atoms with Gasteiger partial charge in [-0.15, -0.1) is 0 Å². The lowest BCUT2D eigenvalue weighted by Crippen LogP contribution is -2.34. The van der Waals surface area contributed by atoms with Gasteiger partial charge in [0.05, 0.1) is 0 Å². The molecule has 0 radical (unpaired) electrons. The zero-order valence-electron chi connectivity index (χ0n) is 11.6. The molecule has 0 saturated heterocycles. The van der Waals surface area contributed by atoms with Crippen LogP contribution in [0.1, 0.15) is 67.2 Å². The second-order valence-electron chi connectivity index (χ2n) is 5.98. The molecule has 2 unspecified atom stereocenters. The molecule has 1 heteroatoms. The third kappa shape index (κ3) is 5.01. The molecule has 0 aliphatic heterocycles. The van der Waals surface area contributed by atoms with E-state index in [2.05, 4.69) is 41.5 Å². The zero-order chi connectivity index (χ0) is 12.1. The number of hydrogen-bond acceptors (Lipinski definition) is 1. The quantitative estimate of drug-likeness (QED) is 0.673. The molecule has 92 valence electrons. The van der Waals surface area contributed by atoms with Crippen molar-refractivity contribution in [1.82, 2.24) is 0 Å². The summed E-state index contributed by atoms with van der Waals surface area (Å²) in [6.07, 6.45) is 4.81. The van der Waals surface area contributed by atoms with Gasteiger partial charge in [-0.1, -0.05) is 54.4 Å². The van der Waals surface area contributed by atoms with Crippen LogP contribution in [0.3, 0.4) is 0 Å². The van der Waals surface area contributed by atoms with Gasteiger partial charge in [-0.25, -0.2) is 0 Å². The Morgan fingerprint density at radius 2 is 1.67 bits per heavy atom. The minimum absolute atomic E-state index is 0.397. The summed E-state index contributed by atoms with van der Waals surface area (Å²) >= 11 is 0. The standard InChI is InChI=1S/C14H31N/c1-7-9-12(15)10-13(11(3)4)14(5,6)8-2/h11-13H,7-10,15H2,1-6H3. The molecule has 15 heavy (non-hydrogen) atoms. The van der Waals surface area contributed by atoms with Gasteiger partial charge in [-0.3, -0.25) is 0 Å². The molecule has 0 amide bonds. The van der Waals surface area contributed by atoms with Crippen LogP contribution in [0.4, 0.5) is 0 Å². The smallest absolute Gasteiger partial charge is 0.00416 e. The molecular weight excluding hydrogens is 182 g/mol. The first-order chi connectivity index (χ1) is 6.85. The molecular formula is C14H31N. The normalized spacial score (nSPS) is 16.8. The van der Waals surface area contributed by atoms with E-state index in [9.17, 15) is 0 Å². The molecule has 0 aliphatic rings. The molecule has 0 aromatic heterocycles. The summed E-state index contributed by atoms with van der Waals surface area (Å²) in [7, 11) is 0. The molecule has 2 atom stereocenters. The fourth-order valence-corrected chi connectivity index (χ4v) is 2.57. The van der Waals surface area contributed by atoms with E-state index >= 15 is 0 Å². The van der Waals surface area contributed by atoms with Crippen LogP contribution >= 0.6 is 0 Å². The zero-order valence-corrected chi connectivity index (χ0v) is 11.6. The van der Waals surface area contributed by atoms with Crippen molar-refractivity contribution in [3.63, 3.8) is 0 Å². The Morgan fingerprint density at radius 1 is 1.13 bits per heavy atom. The molecule has 0 bridgehead atoms. The van der Waals surface area contributed by atoms with Gasteiger partial charge < -0.3 is 5.73 Å². The largest absolute Gasteiger partial charge is 0.328 e. The van der Waals surface area contributed by atoms with Gasteiger partial charge in [0, 0.05) is 6.04 Å². The first-order valence-electron chi connectivity index (χ1n) is 6.60. The molecule has 0 heterocycles. The lowest BCUT2D eigenvalue weighted by molar-refractivity contribution is 0.129. The van der Waals surface area contributed by atoms with Crippen molar-refractivity contribution in [2.45, 2.75) is 73.3 Å². The Balaban J connectivity index is 4.41. The highest BCUT2D eigenvalue weighted by atomic mass is 14.6. The summed E-state index contributed by atoms with van der Waals surface area (Å²) in [4.78, 5) is 0. The second kappa shape index (κ2) is 6.52. The summed E-state index contributed by atoms with van der Waals surface area (Å²) in [5, 5.41) is 0. The Morgan fingerprint density at radius 3 is 2.00 bits per heavy atom. The summed E-state index contributed by atoms with van der Waals surface area (Å²) < 4.78 is 0. The molecule has 0 fully saturated rings. The summed E-state index contributed by atoms with van der Waals surface area (Å²) in [6, 6.07) is 0.397. The third-order valence-electron chi connectivity index (χ3n) is 3.94. The van der Waals surface area contributed by atoms with Crippen LogP contribution in [0, 0.1) is 17.3 Å². The van der Waals surface area contributed by atoms with Crippen LogP contribution in [-0.2, 0) is 0 Å². The maximum atomic E-state index is 6.17. The monoisotopic (exact) mass is 213 g/mol. The second-order valence-corrected chi connectivity index (χ2v) is 5.98. The minimum Gasteiger partial charge on any atom is -0.328 e. The van der Waals surface area contributed by atoms with Crippen molar-refractivity contribution in [3.8, 4) is 0 Å². The van der Waals surface area contributed by atoms with Gasteiger partial charge in [-0.05, 0) is 30.1 Å². The van der Waals surface area contributed by atoms with E-state index in [1.165, 1.54) is 25.7 Å². The lowest BCUT2D eigenvalue weighted by atomic mass is 9.68. The van der Waals surface area contributed by atoms with E-state index in [0.29, 0.717) is 11.5 Å². The molecule has 0 aromatic carbocycles. The highest BCUT2D eigenvalue weighted by molar-refractivity contribution is 4.82. The first-order valence-corrected chi connectivity index (χ1v) is 6.60. The van der Waals surface area contributed by atoms with Gasteiger partial charge in [0.2, 0.25) is 0 Å². The molecule has 0 rings (SSSR count). The van der Waals surface area contributed by atoms with Gasteiger partial charge in [0.25, 0.3) is 0 Å². The highest BCUT2D eigenvalue weighted by Crippen LogP contribution is 2.38. The first kappa shape index (κ1) is 15.0. The maximum absolute atomic E-state index is 6.17. The van der Waals surface area contributed by atoms with E-state index in [1.54, 1.807) is 0 Å². The van der Waals surface area contributed by atoms with Crippen LogP contribution in [0.25, 0.3) is 0 Å². The van der Waals surface area contributed by atoms with Gasteiger partial charge in [0.15, 0.2) is 0 Å². The van der Waals surface area contributed by atoms with E-state index in [4.69, 9.17) is 5.73 Å². The molecule has 2 N–H and O–H groups in total. The average Bonchev–Trinajstić information content (AvgIpc) is 2.14. The lowest BCUT2D eigenvalue weighted by Gasteiger charge is -2.38. The summed E-state index contributed by atoms with van der Waals surface area (Å²) in [5.74, 6) is 1.49. The van der Waals surface area contributed by atoms with E-state index in [-0.39, 0.29) is 0 Å².